The van der Waals surface area contributed by atoms with Crippen molar-refractivity contribution in [3.63, 3.8) is 0 Å². The first kappa shape index (κ1) is 13.1. The molecule has 0 bridgehead atoms. The topological polar surface area (TPSA) is 9.23 Å². The smallest absolute Gasteiger partial charge is 0.229 e. The van der Waals surface area contributed by atoms with E-state index in [0.717, 1.165) is 6.61 Å². The molecule has 0 amide bonds. The molecule has 1 heterocycles. The molecule has 1 aliphatic carbocycles. The monoisotopic (exact) mass is 250 g/mol. The minimum absolute atomic E-state index is 0.680. The van der Waals surface area contributed by atoms with Gasteiger partial charge in [-0.25, -0.2) is 0 Å². The summed E-state index contributed by atoms with van der Waals surface area (Å²) in [5.74, 6) is 0. The van der Waals surface area contributed by atoms with Crippen LogP contribution in [0.15, 0.2) is 22.9 Å². The van der Waals surface area contributed by atoms with E-state index in [9.17, 15) is 0 Å². The van der Waals surface area contributed by atoms with Gasteiger partial charge >= 0.3 is 0 Å². The molecule has 0 spiro atoms. The summed E-state index contributed by atoms with van der Waals surface area (Å²) >= 11 is 0. The van der Waals surface area contributed by atoms with E-state index in [4.69, 9.17) is 4.43 Å². The molecule has 0 unspecified atom stereocenters. The van der Waals surface area contributed by atoms with Gasteiger partial charge in [0, 0.05) is 0 Å². The van der Waals surface area contributed by atoms with Crippen LogP contribution in [0.25, 0.3) is 0 Å². The minimum Gasteiger partial charge on any atom is -0.408 e. The molecule has 96 valence electrons. The highest BCUT2D eigenvalue weighted by molar-refractivity contribution is 6.84. The van der Waals surface area contributed by atoms with Gasteiger partial charge in [-0.15, -0.1) is 0 Å². The summed E-state index contributed by atoms with van der Waals surface area (Å²) in [6, 6.07) is 0. The van der Waals surface area contributed by atoms with Gasteiger partial charge in [-0.1, -0.05) is 45.4 Å². The third-order valence-corrected chi connectivity index (χ3v) is 9.83. The second kappa shape index (κ2) is 5.11. The Bertz CT molecular complexity index is 331. The van der Waals surface area contributed by atoms with Gasteiger partial charge in [0.25, 0.3) is 0 Å². The van der Waals surface area contributed by atoms with Crippen molar-refractivity contribution in [3.05, 3.63) is 22.9 Å². The zero-order valence-electron chi connectivity index (χ0n) is 11.8. The first-order valence-electron chi connectivity index (χ1n) is 7.13. The maximum absolute atomic E-state index is 6.33. The maximum Gasteiger partial charge on any atom is 0.229 e. The average molecular weight is 250 g/mol. The Morgan fingerprint density at radius 1 is 1.06 bits per heavy atom. The molecule has 0 atom stereocenters. The molecular formula is C15H26OSi. The largest absolute Gasteiger partial charge is 0.408 e. The summed E-state index contributed by atoms with van der Waals surface area (Å²) in [6.45, 7) is 10.3. The zero-order valence-corrected chi connectivity index (χ0v) is 12.8. The van der Waals surface area contributed by atoms with Crippen LogP contribution in [0.1, 0.15) is 53.4 Å². The van der Waals surface area contributed by atoms with Gasteiger partial charge in [0.2, 0.25) is 8.32 Å². The average Bonchev–Trinajstić information content (AvgIpc) is 2.75. The van der Waals surface area contributed by atoms with Gasteiger partial charge in [0.05, 0.1) is 6.61 Å². The fourth-order valence-electron chi connectivity index (χ4n) is 3.59. The van der Waals surface area contributed by atoms with Gasteiger partial charge < -0.3 is 4.43 Å². The molecule has 0 N–H and O–H groups in total. The van der Waals surface area contributed by atoms with E-state index in [1.54, 1.807) is 10.8 Å². The summed E-state index contributed by atoms with van der Waals surface area (Å²) in [7, 11) is -1.71. The van der Waals surface area contributed by atoms with E-state index in [1.807, 2.05) is 0 Å². The van der Waals surface area contributed by atoms with Crippen molar-refractivity contribution >= 4 is 8.32 Å². The van der Waals surface area contributed by atoms with Gasteiger partial charge in [0.15, 0.2) is 0 Å². The van der Waals surface area contributed by atoms with Gasteiger partial charge in [-0.2, -0.15) is 0 Å². The van der Waals surface area contributed by atoms with E-state index < -0.39 is 8.32 Å². The Kier molecular flexibility index (Phi) is 3.94. The Labute approximate surface area is 107 Å². The fraction of sp³-hybridized carbons (Fsp3) is 0.733. The second-order valence-corrected chi connectivity index (χ2v) is 10.7. The van der Waals surface area contributed by atoms with Crippen molar-refractivity contribution in [2.75, 3.05) is 6.61 Å². The molecule has 0 aromatic heterocycles. The third-order valence-electron chi connectivity index (χ3n) is 4.38. The lowest BCUT2D eigenvalue weighted by molar-refractivity contribution is 0.348. The molecule has 0 saturated carbocycles. The highest BCUT2D eigenvalue weighted by Gasteiger charge is 2.48. The predicted octanol–water partition coefficient (Wildman–Crippen LogP) is 4.75. The van der Waals surface area contributed by atoms with Crippen molar-refractivity contribution in [2.24, 2.45) is 0 Å². The fourth-order valence-corrected chi connectivity index (χ4v) is 8.48. The number of rotatable bonds is 3. The van der Waals surface area contributed by atoms with Crippen LogP contribution in [0.5, 0.6) is 0 Å². The van der Waals surface area contributed by atoms with Crippen LogP contribution in [-0.4, -0.2) is 14.9 Å². The number of allylic oxidation sites excluding steroid dienone is 3. The lowest BCUT2D eigenvalue weighted by Gasteiger charge is -2.38. The quantitative estimate of drug-likeness (QED) is 0.657. The molecule has 17 heavy (non-hydrogen) atoms. The summed E-state index contributed by atoms with van der Waals surface area (Å²) in [5, 5.41) is 1.64. The Balaban J connectivity index is 2.34. The van der Waals surface area contributed by atoms with E-state index >= 15 is 0 Å². The van der Waals surface area contributed by atoms with Crippen LogP contribution in [0.3, 0.4) is 0 Å². The standard InChI is InChI=1S/C15H26OSi/c1-12(2)17(13(3)4)15(10-11-16-17)14-8-6-5-7-9-14/h8,10,12-13H,5-7,9,11H2,1-4H3. The van der Waals surface area contributed by atoms with Crippen LogP contribution < -0.4 is 0 Å². The van der Waals surface area contributed by atoms with Crippen molar-refractivity contribution < 1.29 is 4.43 Å². The molecule has 0 saturated heterocycles. The third kappa shape index (κ3) is 2.17. The van der Waals surface area contributed by atoms with Crippen LogP contribution in [0.4, 0.5) is 0 Å². The molecule has 2 heteroatoms. The van der Waals surface area contributed by atoms with Gasteiger partial charge in [-0.05, 0) is 42.0 Å². The molecule has 0 fully saturated rings. The summed E-state index contributed by atoms with van der Waals surface area (Å²) < 4.78 is 6.33. The Morgan fingerprint density at radius 3 is 2.29 bits per heavy atom. The SMILES string of the molecule is CC(C)[Si]1(C(C)C)OCC=C1C1=CCCCC1. The van der Waals surface area contributed by atoms with Crippen molar-refractivity contribution in [2.45, 2.75) is 64.5 Å². The highest BCUT2D eigenvalue weighted by atomic mass is 28.4. The Hall–Kier alpha value is -0.343. The zero-order chi connectivity index (χ0) is 12.5. The van der Waals surface area contributed by atoms with Gasteiger partial charge in [0.1, 0.15) is 0 Å². The normalized spacial score (nSPS) is 24.1. The van der Waals surface area contributed by atoms with Crippen LogP contribution >= 0.6 is 0 Å². The van der Waals surface area contributed by atoms with E-state index in [0.29, 0.717) is 11.1 Å². The van der Waals surface area contributed by atoms with Crippen LogP contribution in [-0.2, 0) is 4.43 Å². The van der Waals surface area contributed by atoms with Crippen LogP contribution in [0, 0.1) is 0 Å². The first-order chi connectivity index (χ1) is 8.09. The molecule has 1 aliphatic heterocycles. The predicted molar refractivity (Wildman–Crippen MR) is 76.5 cm³/mol. The summed E-state index contributed by atoms with van der Waals surface area (Å²) in [5.41, 5.74) is 2.99. The van der Waals surface area contributed by atoms with Crippen molar-refractivity contribution in [3.8, 4) is 0 Å². The number of hydrogen-bond donors (Lipinski definition) is 0. The summed E-state index contributed by atoms with van der Waals surface area (Å²) in [4.78, 5) is 0. The van der Waals surface area contributed by atoms with Crippen LogP contribution in [0.2, 0.25) is 11.1 Å². The molecule has 0 radical (unpaired) electrons. The summed E-state index contributed by atoms with van der Waals surface area (Å²) in [6.07, 6.45) is 10.2. The van der Waals surface area contributed by atoms with Crippen molar-refractivity contribution in [1.29, 1.82) is 0 Å². The minimum atomic E-state index is -1.71. The lowest BCUT2D eigenvalue weighted by Crippen LogP contribution is -2.45. The molecule has 0 aromatic rings. The van der Waals surface area contributed by atoms with E-state index in [1.165, 1.54) is 25.7 Å². The van der Waals surface area contributed by atoms with Gasteiger partial charge in [-0.3, -0.25) is 0 Å². The number of hydrogen-bond acceptors (Lipinski definition) is 1. The maximum atomic E-state index is 6.33. The molecule has 2 rings (SSSR count). The molecule has 0 aromatic carbocycles. The lowest BCUT2D eigenvalue weighted by atomic mass is 9.99. The molecular weight excluding hydrogens is 224 g/mol. The molecule has 1 nitrogen and oxygen atoms in total. The van der Waals surface area contributed by atoms with Crippen molar-refractivity contribution in [1.82, 2.24) is 0 Å². The molecule has 2 aliphatic rings. The highest BCUT2D eigenvalue weighted by Crippen LogP contribution is 2.46. The first-order valence-corrected chi connectivity index (χ1v) is 9.19. The van der Waals surface area contributed by atoms with E-state index in [-0.39, 0.29) is 0 Å². The van der Waals surface area contributed by atoms with E-state index in [2.05, 4.69) is 39.8 Å². The second-order valence-electron chi connectivity index (χ2n) is 6.01. The Morgan fingerprint density at radius 2 is 1.76 bits per heavy atom.